The summed E-state index contributed by atoms with van der Waals surface area (Å²) in [5.74, 6) is 0.446. The molecule has 4 aromatic rings. The van der Waals surface area contributed by atoms with E-state index in [-0.39, 0.29) is 18.9 Å². The highest BCUT2D eigenvalue weighted by atomic mass is 35.5. The molecule has 9 nitrogen and oxygen atoms in total. The number of amides is 1. The van der Waals surface area contributed by atoms with Crippen LogP contribution < -0.4 is 10.1 Å². The highest BCUT2D eigenvalue weighted by Gasteiger charge is 2.54. The van der Waals surface area contributed by atoms with Crippen molar-refractivity contribution in [3.05, 3.63) is 139 Å². The van der Waals surface area contributed by atoms with Crippen molar-refractivity contribution in [1.82, 2.24) is 5.32 Å². The molecule has 1 amide bonds. The number of carbonyl (C=O) groups excluding carboxylic acids is 1. The van der Waals surface area contributed by atoms with Gasteiger partial charge in [0.2, 0.25) is 5.90 Å². The zero-order chi connectivity index (χ0) is 32.5. The number of nitrogens with zero attached hydrogens (tertiary/aromatic N) is 4. The molecule has 0 radical (unpaired) electrons. The van der Waals surface area contributed by atoms with Gasteiger partial charge in [-0.2, -0.15) is 0 Å². The lowest BCUT2D eigenvalue weighted by molar-refractivity contribution is -0.128. The maximum atomic E-state index is 14.5. The van der Waals surface area contributed by atoms with Crippen molar-refractivity contribution in [1.29, 1.82) is 0 Å². The molecule has 5 rings (SSSR count). The summed E-state index contributed by atoms with van der Waals surface area (Å²) in [6.45, 7) is 0.713. The molecule has 0 fully saturated rings. The summed E-state index contributed by atoms with van der Waals surface area (Å²) in [6, 6.07) is 26.6. The minimum absolute atomic E-state index is 0.0318. The molecule has 46 heavy (non-hydrogen) atoms. The van der Waals surface area contributed by atoms with Crippen molar-refractivity contribution in [2.45, 2.75) is 30.9 Å². The van der Waals surface area contributed by atoms with Crippen LogP contribution in [0.15, 0.2) is 101 Å². The number of halogens is 3. The van der Waals surface area contributed by atoms with Gasteiger partial charge in [0.05, 0.1) is 6.61 Å². The second-order valence-corrected chi connectivity index (χ2v) is 11.9. The van der Waals surface area contributed by atoms with Gasteiger partial charge in [-0.15, -0.1) is 0 Å². The van der Waals surface area contributed by atoms with Gasteiger partial charge in [-0.05, 0) is 71.6 Å². The van der Waals surface area contributed by atoms with Gasteiger partial charge in [-0.3, -0.25) is 4.79 Å². The summed E-state index contributed by atoms with van der Waals surface area (Å²) >= 11 is 19.0. The molecule has 12 heteroatoms. The topological polar surface area (TPSA) is 129 Å². The molecule has 0 aromatic heterocycles. The Morgan fingerprint density at radius 3 is 2.48 bits per heavy atom. The number of azide groups is 1. The first-order valence-corrected chi connectivity index (χ1v) is 15.7. The highest BCUT2D eigenvalue weighted by Crippen LogP contribution is 2.46. The Labute approximate surface area is 281 Å². The third-order valence-electron chi connectivity index (χ3n) is 7.49. The number of hydrogen-bond acceptors (Lipinski definition) is 6. The van der Waals surface area contributed by atoms with Crippen LogP contribution in [0.4, 0.5) is 5.69 Å². The van der Waals surface area contributed by atoms with Crippen LogP contribution in [0.5, 0.6) is 5.75 Å². The van der Waals surface area contributed by atoms with Crippen molar-refractivity contribution in [3.63, 3.8) is 0 Å². The number of ether oxygens (including phenoxy) is 2. The summed E-state index contributed by atoms with van der Waals surface area (Å²) in [7, 11) is 0. The molecule has 0 aliphatic carbocycles. The van der Waals surface area contributed by atoms with E-state index in [1.54, 1.807) is 78.9 Å². The average molecular weight is 679 g/mol. The zero-order valence-electron chi connectivity index (χ0n) is 24.6. The van der Waals surface area contributed by atoms with Crippen LogP contribution in [-0.2, 0) is 22.4 Å². The van der Waals surface area contributed by atoms with Crippen LogP contribution in [-0.4, -0.2) is 42.2 Å². The first kappa shape index (κ1) is 33.1. The van der Waals surface area contributed by atoms with Crippen LogP contribution in [0.25, 0.3) is 10.4 Å². The Hall–Kier alpha value is -4.24. The number of hydrogen-bond donors (Lipinski definition) is 2. The fourth-order valence-corrected chi connectivity index (χ4v) is 5.83. The number of benzene rings is 4. The van der Waals surface area contributed by atoms with Crippen molar-refractivity contribution in [2.75, 3.05) is 19.8 Å². The molecular formula is C34H30Cl3N5O4. The van der Waals surface area contributed by atoms with Crippen molar-refractivity contribution in [3.8, 4) is 5.75 Å². The molecule has 0 bridgehead atoms. The molecule has 1 aliphatic heterocycles. The number of carbonyl (C=O) groups is 1. The van der Waals surface area contributed by atoms with Crippen molar-refractivity contribution >= 4 is 52.3 Å². The maximum Gasteiger partial charge on any atom is 0.252 e. The summed E-state index contributed by atoms with van der Waals surface area (Å²) in [5.41, 5.74) is 10.8. The molecular weight excluding hydrogens is 649 g/mol. The predicted octanol–water partition coefficient (Wildman–Crippen LogP) is 8.21. The molecule has 0 unspecified atom stereocenters. The van der Waals surface area contributed by atoms with E-state index in [1.165, 1.54) is 0 Å². The van der Waals surface area contributed by atoms with Gasteiger partial charge in [-0.1, -0.05) is 82.4 Å². The smallest absolute Gasteiger partial charge is 0.252 e. The van der Waals surface area contributed by atoms with Crippen LogP contribution in [0.3, 0.4) is 0 Å². The van der Waals surface area contributed by atoms with Crippen molar-refractivity contribution < 1.29 is 19.4 Å². The minimum Gasteiger partial charge on any atom is -0.494 e. The van der Waals surface area contributed by atoms with E-state index in [4.69, 9.17) is 54.4 Å². The zero-order valence-corrected chi connectivity index (χ0v) is 26.8. The van der Waals surface area contributed by atoms with Gasteiger partial charge in [0.1, 0.15) is 5.75 Å². The summed E-state index contributed by atoms with van der Waals surface area (Å²) in [6.07, 6.45) is 0.122. The van der Waals surface area contributed by atoms with E-state index in [0.717, 1.165) is 5.56 Å². The molecule has 4 aromatic carbocycles. The largest absolute Gasteiger partial charge is 0.494 e. The Morgan fingerprint density at radius 1 is 1.02 bits per heavy atom. The number of aliphatic hydroxyl groups excluding tert-OH is 1. The third kappa shape index (κ3) is 7.76. The van der Waals surface area contributed by atoms with Crippen LogP contribution in [0.2, 0.25) is 15.1 Å². The van der Waals surface area contributed by atoms with Gasteiger partial charge < -0.3 is 19.9 Å². The minimum atomic E-state index is -1.57. The average Bonchev–Trinajstić information content (AvgIpc) is 3.43. The molecule has 0 saturated heterocycles. The number of rotatable bonds is 13. The lowest BCUT2D eigenvalue weighted by Crippen LogP contribution is -2.50. The summed E-state index contributed by atoms with van der Waals surface area (Å²) in [5, 5.41) is 17.4. The van der Waals surface area contributed by atoms with Gasteiger partial charge in [0.25, 0.3) is 5.91 Å². The molecule has 2 atom stereocenters. The monoisotopic (exact) mass is 677 g/mol. The van der Waals surface area contributed by atoms with E-state index in [0.29, 0.717) is 69.2 Å². The SMILES string of the molecule is [N-]=[N+]=Nc1ccccc1C[C@@]1(C(=O)NCCc2ccc(Cl)cc2)N=C(c2ccc(OCCCO)cc2)O[C@@H]1c1ccc(Cl)cc1Cl. The second-order valence-electron chi connectivity index (χ2n) is 10.6. The summed E-state index contributed by atoms with van der Waals surface area (Å²) in [4.78, 5) is 22.5. The molecule has 236 valence electrons. The molecule has 0 saturated carbocycles. The van der Waals surface area contributed by atoms with Crippen LogP contribution in [0.1, 0.15) is 34.8 Å². The number of nitrogens with one attached hydrogen (secondary N) is 1. The molecule has 1 heterocycles. The van der Waals surface area contributed by atoms with Gasteiger partial charge in [0.15, 0.2) is 11.6 Å². The summed E-state index contributed by atoms with van der Waals surface area (Å²) < 4.78 is 12.2. The standard InChI is InChI=1S/C34H30Cl3N5O4/c35-25-10-6-22(7-11-25)16-17-39-33(44)34(21-24-4-1-2-5-30(24)41-42-38)31(28-15-12-26(36)20-29(28)37)46-32(40-34)23-8-13-27(14-9-23)45-19-3-18-43/h1-2,4-15,20,31,43H,3,16-19,21H2,(H,39,44)/t31-,34-/m1/s1. The maximum absolute atomic E-state index is 14.5. The fourth-order valence-electron chi connectivity index (χ4n) is 5.19. The van der Waals surface area contributed by atoms with E-state index >= 15 is 0 Å². The normalized spacial score (nSPS) is 17.0. The Morgan fingerprint density at radius 2 is 1.76 bits per heavy atom. The first-order chi connectivity index (χ1) is 22.3. The lowest BCUT2D eigenvalue weighted by atomic mass is 9.81. The molecule has 1 aliphatic rings. The number of aliphatic imine (C=N–C) groups is 1. The van der Waals surface area contributed by atoms with E-state index < -0.39 is 17.6 Å². The van der Waals surface area contributed by atoms with Gasteiger partial charge in [0, 0.05) is 62.8 Å². The number of aliphatic hydroxyl groups is 1. The van der Waals surface area contributed by atoms with E-state index in [1.807, 2.05) is 12.1 Å². The Kier molecular flexibility index (Phi) is 11.1. The fraction of sp³-hybridized carbons (Fsp3) is 0.235. The quantitative estimate of drug-likeness (QED) is 0.0639. The van der Waals surface area contributed by atoms with E-state index in [9.17, 15) is 10.3 Å². The predicted molar refractivity (Wildman–Crippen MR) is 180 cm³/mol. The highest BCUT2D eigenvalue weighted by molar-refractivity contribution is 6.35. The van der Waals surface area contributed by atoms with Crippen LogP contribution in [0, 0.1) is 0 Å². The Balaban J connectivity index is 1.58. The van der Waals surface area contributed by atoms with Gasteiger partial charge in [-0.25, -0.2) is 4.99 Å². The van der Waals surface area contributed by atoms with E-state index in [2.05, 4.69) is 15.3 Å². The van der Waals surface area contributed by atoms with Crippen LogP contribution >= 0.6 is 34.8 Å². The van der Waals surface area contributed by atoms with Crippen molar-refractivity contribution in [2.24, 2.45) is 10.1 Å². The lowest BCUT2D eigenvalue weighted by Gasteiger charge is -2.31. The second kappa shape index (κ2) is 15.4. The Bertz CT molecular complexity index is 1760. The molecule has 0 spiro atoms. The third-order valence-corrected chi connectivity index (χ3v) is 8.31. The van der Waals surface area contributed by atoms with Gasteiger partial charge >= 0.3 is 0 Å². The molecule has 2 N–H and O–H groups in total. The first-order valence-electron chi connectivity index (χ1n) is 14.5.